The van der Waals surface area contributed by atoms with E-state index in [-0.39, 0.29) is 18.9 Å². The van der Waals surface area contributed by atoms with Crippen LogP contribution in [0.1, 0.15) is 24.5 Å². The first-order valence-electron chi connectivity index (χ1n) is 9.42. The lowest BCUT2D eigenvalue weighted by molar-refractivity contribution is -0.157. The number of carbonyl (C=O) groups excluding carboxylic acids is 3. The smallest absolute Gasteiger partial charge is 0.312 e. The van der Waals surface area contributed by atoms with Crippen molar-refractivity contribution in [2.45, 2.75) is 32.9 Å². The molecule has 0 saturated carbocycles. The summed E-state index contributed by atoms with van der Waals surface area (Å²) >= 11 is 6.06. The average molecular weight is 415 g/mol. The van der Waals surface area contributed by atoms with Gasteiger partial charge in [0.25, 0.3) is 5.91 Å². The van der Waals surface area contributed by atoms with E-state index in [9.17, 15) is 14.4 Å². The van der Waals surface area contributed by atoms with E-state index in [1.165, 1.54) is 6.92 Å². The molecular formula is C22H23ClN2O4. The molecule has 1 aliphatic heterocycles. The van der Waals surface area contributed by atoms with Crippen LogP contribution in [-0.4, -0.2) is 35.3 Å². The molecule has 0 bridgehead atoms. The van der Waals surface area contributed by atoms with Crippen LogP contribution in [0.5, 0.6) is 0 Å². The van der Waals surface area contributed by atoms with Crippen LogP contribution in [0.15, 0.2) is 48.5 Å². The highest BCUT2D eigenvalue weighted by Gasteiger charge is 2.36. The summed E-state index contributed by atoms with van der Waals surface area (Å²) in [5, 5.41) is 3.22. The molecule has 3 rings (SSSR count). The molecule has 1 fully saturated rings. The van der Waals surface area contributed by atoms with Gasteiger partial charge < -0.3 is 15.0 Å². The Morgan fingerprint density at radius 2 is 1.97 bits per heavy atom. The number of hydrogen-bond donors (Lipinski definition) is 1. The molecule has 6 nitrogen and oxygen atoms in total. The van der Waals surface area contributed by atoms with Crippen molar-refractivity contribution in [2.24, 2.45) is 5.92 Å². The first kappa shape index (κ1) is 20.9. The van der Waals surface area contributed by atoms with Crippen molar-refractivity contribution in [1.29, 1.82) is 0 Å². The molecule has 0 radical (unpaired) electrons. The molecule has 1 N–H and O–H groups in total. The predicted octanol–water partition coefficient (Wildman–Crippen LogP) is 3.57. The molecule has 0 spiro atoms. The largest absolute Gasteiger partial charge is 0.452 e. The number of carbonyl (C=O) groups is 3. The topological polar surface area (TPSA) is 75.7 Å². The van der Waals surface area contributed by atoms with Gasteiger partial charge in [0.05, 0.1) is 5.92 Å². The highest BCUT2D eigenvalue weighted by Crippen LogP contribution is 2.23. The monoisotopic (exact) mass is 414 g/mol. The summed E-state index contributed by atoms with van der Waals surface area (Å²) < 4.78 is 5.31. The fourth-order valence-corrected chi connectivity index (χ4v) is 3.31. The number of nitrogens with zero attached hydrogens (tertiary/aromatic N) is 1. The highest BCUT2D eigenvalue weighted by atomic mass is 35.5. The van der Waals surface area contributed by atoms with E-state index >= 15 is 0 Å². The third-order valence-corrected chi connectivity index (χ3v) is 5.27. The summed E-state index contributed by atoms with van der Waals surface area (Å²) in [5.74, 6) is -1.67. The summed E-state index contributed by atoms with van der Waals surface area (Å²) in [6.45, 7) is 4.10. The minimum absolute atomic E-state index is 0.0908. The third-order valence-electron chi connectivity index (χ3n) is 4.87. The predicted molar refractivity (Wildman–Crippen MR) is 110 cm³/mol. The zero-order chi connectivity index (χ0) is 21.0. The summed E-state index contributed by atoms with van der Waals surface area (Å²) in [6.07, 6.45) is -0.894. The molecular weight excluding hydrogens is 392 g/mol. The number of nitrogens with one attached hydrogen (secondary N) is 1. The van der Waals surface area contributed by atoms with E-state index in [0.29, 0.717) is 17.3 Å². The first-order valence-corrected chi connectivity index (χ1v) is 9.80. The Balaban J connectivity index is 1.53. The summed E-state index contributed by atoms with van der Waals surface area (Å²) in [6, 6.07) is 14.7. The van der Waals surface area contributed by atoms with Crippen molar-refractivity contribution < 1.29 is 19.1 Å². The van der Waals surface area contributed by atoms with Crippen LogP contribution in [-0.2, 0) is 25.7 Å². The van der Waals surface area contributed by atoms with Crippen LogP contribution in [0.3, 0.4) is 0 Å². The molecule has 2 aromatic carbocycles. The van der Waals surface area contributed by atoms with Crippen molar-refractivity contribution in [3.8, 4) is 0 Å². The normalized spacial score (nSPS) is 17.1. The SMILES string of the molecule is Cc1ccc(NC(=O)[C@@H](C)OC(=O)[C@@H]2CC(=O)N(Cc3ccccc3)C2)cc1Cl. The van der Waals surface area contributed by atoms with Gasteiger partial charge in [-0.3, -0.25) is 14.4 Å². The number of ether oxygens (including phenoxy) is 1. The molecule has 1 heterocycles. The summed E-state index contributed by atoms with van der Waals surface area (Å²) in [7, 11) is 0. The Kier molecular flexibility index (Phi) is 6.54. The van der Waals surface area contributed by atoms with Gasteiger partial charge in [-0.1, -0.05) is 48.0 Å². The minimum Gasteiger partial charge on any atom is -0.452 e. The second-order valence-corrected chi connectivity index (χ2v) is 7.60. The zero-order valence-corrected chi connectivity index (χ0v) is 17.1. The number of halogens is 1. The van der Waals surface area contributed by atoms with E-state index in [1.807, 2.05) is 37.3 Å². The second-order valence-electron chi connectivity index (χ2n) is 7.19. The molecule has 152 valence electrons. The van der Waals surface area contributed by atoms with Gasteiger partial charge in [-0.25, -0.2) is 0 Å². The molecule has 0 aromatic heterocycles. The highest BCUT2D eigenvalue weighted by molar-refractivity contribution is 6.31. The van der Waals surface area contributed by atoms with Crippen molar-refractivity contribution in [2.75, 3.05) is 11.9 Å². The Labute approximate surface area is 174 Å². The van der Waals surface area contributed by atoms with Crippen molar-refractivity contribution in [1.82, 2.24) is 4.90 Å². The van der Waals surface area contributed by atoms with Crippen molar-refractivity contribution >= 4 is 35.1 Å². The van der Waals surface area contributed by atoms with E-state index in [0.717, 1.165) is 11.1 Å². The fourth-order valence-electron chi connectivity index (χ4n) is 3.13. The van der Waals surface area contributed by atoms with Gasteiger partial charge in [-0.05, 0) is 37.1 Å². The lowest BCUT2D eigenvalue weighted by Crippen LogP contribution is -2.33. The van der Waals surface area contributed by atoms with Gasteiger partial charge in [-0.15, -0.1) is 0 Å². The van der Waals surface area contributed by atoms with Crippen molar-refractivity contribution in [3.63, 3.8) is 0 Å². The first-order chi connectivity index (χ1) is 13.8. The van der Waals surface area contributed by atoms with Crippen molar-refractivity contribution in [3.05, 3.63) is 64.7 Å². The molecule has 0 aliphatic carbocycles. The number of amides is 2. The molecule has 2 amide bonds. The number of rotatable bonds is 6. The molecule has 29 heavy (non-hydrogen) atoms. The van der Waals surface area contributed by atoms with Gasteiger partial charge in [-0.2, -0.15) is 0 Å². The van der Waals surface area contributed by atoms with Crippen LogP contribution in [0.25, 0.3) is 0 Å². The molecule has 1 saturated heterocycles. The Hall–Kier alpha value is -2.86. The van der Waals surface area contributed by atoms with Gasteiger partial charge in [0.2, 0.25) is 5.91 Å². The number of likely N-dealkylation sites (tertiary alicyclic amines) is 1. The maximum atomic E-state index is 12.5. The lowest BCUT2D eigenvalue weighted by Gasteiger charge is -2.18. The Morgan fingerprint density at radius 1 is 1.24 bits per heavy atom. The van der Waals surface area contributed by atoms with Crippen LogP contribution in [0, 0.1) is 12.8 Å². The van der Waals surface area contributed by atoms with Gasteiger partial charge in [0.1, 0.15) is 0 Å². The standard InChI is InChI=1S/C22H23ClN2O4/c1-14-8-9-18(11-19(14)23)24-21(27)15(2)29-22(28)17-10-20(26)25(13-17)12-16-6-4-3-5-7-16/h3-9,11,15,17H,10,12-13H2,1-2H3,(H,24,27)/t15-,17-/m1/s1. The lowest BCUT2D eigenvalue weighted by atomic mass is 10.1. The molecule has 1 aliphatic rings. The van der Waals surface area contributed by atoms with Gasteiger partial charge in [0, 0.05) is 30.2 Å². The maximum Gasteiger partial charge on any atom is 0.312 e. The number of anilines is 1. The quantitative estimate of drug-likeness (QED) is 0.733. The van der Waals surface area contributed by atoms with Crippen LogP contribution >= 0.6 is 11.6 Å². The number of aryl methyl sites for hydroxylation is 1. The van der Waals surface area contributed by atoms with E-state index in [1.54, 1.807) is 23.1 Å². The number of esters is 1. The summed E-state index contributed by atoms with van der Waals surface area (Å²) in [4.78, 5) is 38.7. The Bertz CT molecular complexity index is 916. The summed E-state index contributed by atoms with van der Waals surface area (Å²) in [5.41, 5.74) is 2.42. The van der Waals surface area contributed by atoms with Crippen LogP contribution in [0.4, 0.5) is 5.69 Å². The minimum atomic E-state index is -0.985. The van der Waals surface area contributed by atoms with E-state index in [2.05, 4.69) is 5.32 Å². The number of benzene rings is 2. The average Bonchev–Trinajstić information content (AvgIpc) is 3.06. The molecule has 0 unspecified atom stereocenters. The molecule has 2 aromatic rings. The zero-order valence-electron chi connectivity index (χ0n) is 16.4. The van der Waals surface area contributed by atoms with Gasteiger partial charge >= 0.3 is 5.97 Å². The second kappa shape index (κ2) is 9.09. The molecule has 7 heteroatoms. The third kappa shape index (κ3) is 5.35. The fraction of sp³-hybridized carbons (Fsp3) is 0.318. The van der Waals surface area contributed by atoms with Crippen LogP contribution in [0.2, 0.25) is 5.02 Å². The van der Waals surface area contributed by atoms with E-state index < -0.39 is 23.9 Å². The van der Waals surface area contributed by atoms with Gasteiger partial charge in [0.15, 0.2) is 6.10 Å². The van der Waals surface area contributed by atoms with Crippen LogP contribution < -0.4 is 5.32 Å². The van der Waals surface area contributed by atoms with E-state index in [4.69, 9.17) is 16.3 Å². The maximum absolute atomic E-state index is 12.5. The Morgan fingerprint density at radius 3 is 2.66 bits per heavy atom. The number of hydrogen-bond acceptors (Lipinski definition) is 4. The molecule has 2 atom stereocenters.